The summed E-state index contributed by atoms with van der Waals surface area (Å²) in [6.45, 7) is 0. The highest BCUT2D eigenvalue weighted by molar-refractivity contribution is 7.12. The number of thiophene rings is 1. The van der Waals surface area contributed by atoms with Gasteiger partial charge in [-0.2, -0.15) is 4.98 Å². The lowest BCUT2D eigenvalue weighted by atomic mass is 10.2. The smallest absolute Gasteiger partial charge is 0.311 e. The van der Waals surface area contributed by atoms with Gasteiger partial charge in [0, 0.05) is 30.1 Å². The number of carbonyl (C=O) groups is 2. The number of aromatic nitrogens is 3. The number of amides is 1. The van der Waals surface area contributed by atoms with Gasteiger partial charge in [-0.05, 0) is 47.8 Å². The van der Waals surface area contributed by atoms with Crippen LogP contribution in [0.5, 0.6) is 5.75 Å². The summed E-state index contributed by atoms with van der Waals surface area (Å²) in [5, 5.41) is 8.53. The van der Waals surface area contributed by atoms with Gasteiger partial charge in [0.1, 0.15) is 5.75 Å². The van der Waals surface area contributed by atoms with Crippen LogP contribution in [-0.2, 0) is 11.2 Å². The van der Waals surface area contributed by atoms with Gasteiger partial charge in [-0.3, -0.25) is 14.6 Å². The number of benzene rings is 1. The summed E-state index contributed by atoms with van der Waals surface area (Å²) >= 11 is 1.36. The van der Waals surface area contributed by atoms with Crippen LogP contribution in [0.15, 0.2) is 70.8 Å². The molecule has 1 amide bonds. The van der Waals surface area contributed by atoms with Gasteiger partial charge in [0.15, 0.2) is 0 Å². The molecule has 0 fully saturated rings. The summed E-state index contributed by atoms with van der Waals surface area (Å²) in [6, 6.07) is 13.7. The predicted octanol–water partition coefficient (Wildman–Crippen LogP) is 3.98. The van der Waals surface area contributed by atoms with E-state index in [1.807, 2.05) is 11.4 Å². The molecule has 1 aromatic carbocycles. The normalized spacial score (nSPS) is 10.5. The van der Waals surface area contributed by atoms with E-state index < -0.39 is 5.97 Å². The average Bonchev–Trinajstić information content (AvgIpc) is 3.47. The fourth-order valence-corrected chi connectivity index (χ4v) is 3.19. The summed E-state index contributed by atoms with van der Waals surface area (Å²) in [6.07, 6.45) is 3.64. The van der Waals surface area contributed by atoms with Crippen LogP contribution in [0, 0.1) is 0 Å². The van der Waals surface area contributed by atoms with E-state index in [0.717, 1.165) is 5.56 Å². The van der Waals surface area contributed by atoms with Crippen LogP contribution in [0.4, 0.5) is 5.69 Å². The molecule has 0 unspecified atom stereocenters. The largest absolute Gasteiger partial charge is 0.427 e. The van der Waals surface area contributed by atoms with Crippen molar-refractivity contribution in [3.05, 3.63) is 77.1 Å². The maximum absolute atomic E-state index is 12.1. The Morgan fingerprint density at radius 1 is 1.07 bits per heavy atom. The highest BCUT2D eigenvalue weighted by Crippen LogP contribution is 2.19. The summed E-state index contributed by atoms with van der Waals surface area (Å²) in [4.78, 5) is 33.0. The van der Waals surface area contributed by atoms with Crippen LogP contribution < -0.4 is 10.1 Å². The first-order chi connectivity index (χ1) is 14.7. The minimum atomic E-state index is -0.422. The van der Waals surface area contributed by atoms with Gasteiger partial charge in [0.2, 0.25) is 11.7 Å². The van der Waals surface area contributed by atoms with E-state index in [9.17, 15) is 9.59 Å². The quantitative estimate of drug-likeness (QED) is 0.356. The number of hydrogen-bond acceptors (Lipinski definition) is 8. The Labute approximate surface area is 175 Å². The Morgan fingerprint density at radius 2 is 1.87 bits per heavy atom. The predicted molar refractivity (Wildman–Crippen MR) is 110 cm³/mol. The molecule has 8 nitrogen and oxygen atoms in total. The van der Waals surface area contributed by atoms with Crippen LogP contribution in [0.1, 0.15) is 22.0 Å². The zero-order chi connectivity index (χ0) is 20.8. The van der Waals surface area contributed by atoms with Crippen molar-refractivity contribution >= 4 is 28.9 Å². The molecule has 3 heterocycles. The molecular formula is C21H16N4O4S. The summed E-state index contributed by atoms with van der Waals surface area (Å²) in [5.41, 5.74) is 1.40. The van der Waals surface area contributed by atoms with Gasteiger partial charge in [0.25, 0.3) is 5.91 Å². The zero-order valence-corrected chi connectivity index (χ0v) is 16.5. The van der Waals surface area contributed by atoms with Crippen LogP contribution in [0.2, 0.25) is 0 Å². The molecule has 0 aliphatic heterocycles. The zero-order valence-electron chi connectivity index (χ0n) is 15.6. The molecule has 9 heteroatoms. The molecular weight excluding hydrogens is 404 g/mol. The van der Waals surface area contributed by atoms with E-state index in [0.29, 0.717) is 28.0 Å². The number of nitrogens with zero attached hydrogens (tertiary/aromatic N) is 3. The molecule has 3 aromatic heterocycles. The van der Waals surface area contributed by atoms with Gasteiger partial charge >= 0.3 is 5.97 Å². The van der Waals surface area contributed by atoms with Gasteiger partial charge in [-0.1, -0.05) is 11.2 Å². The molecule has 0 bridgehead atoms. The molecule has 4 aromatic rings. The average molecular weight is 420 g/mol. The molecule has 0 saturated heterocycles. The standard InChI is InChI=1S/C21H16N4O4S/c26-19(8-7-18-24-20(25-29-18)14-9-11-22-12-10-14)28-16-5-3-15(4-6-16)23-21(27)17-2-1-13-30-17/h1-6,9-13H,7-8H2,(H,23,27). The molecule has 30 heavy (non-hydrogen) atoms. The maximum atomic E-state index is 12.1. The lowest BCUT2D eigenvalue weighted by Gasteiger charge is -2.06. The van der Waals surface area contributed by atoms with Crippen molar-refractivity contribution in [2.45, 2.75) is 12.8 Å². The topological polar surface area (TPSA) is 107 Å². The molecule has 0 atom stereocenters. The SMILES string of the molecule is O=C(CCc1nc(-c2ccncc2)no1)Oc1ccc(NC(=O)c2cccs2)cc1. The Morgan fingerprint density at radius 3 is 2.60 bits per heavy atom. The highest BCUT2D eigenvalue weighted by atomic mass is 32.1. The second-order valence-corrected chi connectivity index (χ2v) is 7.13. The van der Waals surface area contributed by atoms with Crippen molar-refractivity contribution in [2.24, 2.45) is 0 Å². The first-order valence-electron chi connectivity index (χ1n) is 9.06. The number of hydrogen-bond donors (Lipinski definition) is 1. The molecule has 0 spiro atoms. The lowest BCUT2D eigenvalue weighted by molar-refractivity contribution is -0.134. The number of pyridine rings is 1. The number of rotatable bonds is 7. The van der Waals surface area contributed by atoms with Crippen molar-refractivity contribution < 1.29 is 18.8 Å². The van der Waals surface area contributed by atoms with Crippen LogP contribution in [0.3, 0.4) is 0 Å². The van der Waals surface area contributed by atoms with Crippen molar-refractivity contribution in [3.8, 4) is 17.1 Å². The summed E-state index contributed by atoms with van der Waals surface area (Å²) in [5.74, 6) is 0.581. The van der Waals surface area contributed by atoms with Crippen molar-refractivity contribution in [3.63, 3.8) is 0 Å². The van der Waals surface area contributed by atoms with Gasteiger partial charge in [-0.25, -0.2) is 0 Å². The highest BCUT2D eigenvalue weighted by Gasteiger charge is 2.12. The second kappa shape index (κ2) is 9.10. The van der Waals surface area contributed by atoms with E-state index in [-0.39, 0.29) is 18.7 Å². The Hall–Kier alpha value is -3.85. The molecule has 150 valence electrons. The van der Waals surface area contributed by atoms with Crippen LogP contribution in [0.25, 0.3) is 11.4 Å². The van der Waals surface area contributed by atoms with Crippen LogP contribution in [-0.4, -0.2) is 27.0 Å². The monoisotopic (exact) mass is 420 g/mol. The summed E-state index contributed by atoms with van der Waals surface area (Å²) in [7, 11) is 0. The Bertz CT molecular complexity index is 1130. The van der Waals surface area contributed by atoms with Crippen LogP contribution >= 0.6 is 11.3 Å². The fraction of sp³-hybridized carbons (Fsp3) is 0.0952. The number of ether oxygens (including phenoxy) is 1. The third-order valence-corrected chi connectivity index (χ3v) is 4.91. The third kappa shape index (κ3) is 4.95. The van der Waals surface area contributed by atoms with Crippen molar-refractivity contribution in [1.29, 1.82) is 0 Å². The van der Waals surface area contributed by atoms with Gasteiger partial charge < -0.3 is 14.6 Å². The number of carbonyl (C=O) groups excluding carboxylic acids is 2. The second-order valence-electron chi connectivity index (χ2n) is 6.18. The Balaban J connectivity index is 1.27. The van der Waals surface area contributed by atoms with E-state index in [1.54, 1.807) is 54.9 Å². The molecule has 0 aliphatic rings. The van der Waals surface area contributed by atoms with E-state index in [1.165, 1.54) is 11.3 Å². The van der Waals surface area contributed by atoms with E-state index >= 15 is 0 Å². The number of nitrogens with one attached hydrogen (secondary N) is 1. The minimum Gasteiger partial charge on any atom is -0.427 e. The number of aryl methyl sites for hydroxylation is 1. The molecule has 0 saturated carbocycles. The fourth-order valence-electron chi connectivity index (χ4n) is 2.57. The minimum absolute atomic E-state index is 0.0921. The number of esters is 1. The third-order valence-electron chi connectivity index (χ3n) is 4.04. The molecule has 4 rings (SSSR count). The van der Waals surface area contributed by atoms with Gasteiger partial charge in [-0.15, -0.1) is 11.3 Å². The van der Waals surface area contributed by atoms with Crippen molar-refractivity contribution in [2.75, 3.05) is 5.32 Å². The Kier molecular flexibility index (Phi) is 5.90. The summed E-state index contributed by atoms with van der Waals surface area (Å²) < 4.78 is 10.5. The molecule has 0 aliphatic carbocycles. The van der Waals surface area contributed by atoms with E-state index in [2.05, 4.69) is 20.4 Å². The number of anilines is 1. The van der Waals surface area contributed by atoms with E-state index in [4.69, 9.17) is 9.26 Å². The molecule has 0 radical (unpaired) electrons. The first-order valence-corrected chi connectivity index (χ1v) is 9.94. The molecule has 1 N–H and O–H groups in total. The first kappa shape index (κ1) is 19.5. The maximum Gasteiger partial charge on any atom is 0.311 e. The lowest BCUT2D eigenvalue weighted by Crippen LogP contribution is -2.11. The van der Waals surface area contributed by atoms with Gasteiger partial charge in [0.05, 0.1) is 11.3 Å². The van der Waals surface area contributed by atoms with Crippen molar-refractivity contribution in [1.82, 2.24) is 15.1 Å².